The molecule has 2 aliphatic rings. The Morgan fingerprint density at radius 1 is 1.21 bits per heavy atom. The molecule has 4 rings (SSSR count). The quantitative estimate of drug-likeness (QED) is 0.594. The average Bonchev–Trinajstić information content (AvgIpc) is 2.89. The van der Waals surface area contributed by atoms with E-state index in [-0.39, 0.29) is 0 Å². The van der Waals surface area contributed by atoms with Crippen molar-refractivity contribution < 1.29 is 0 Å². The number of fused-ring (bicyclic) bond motifs is 1. The lowest BCUT2D eigenvalue weighted by Gasteiger charge is -2.19. The maximum Gasteiger partial charge on any atom is 0.223 e. The Kier molecular flexibility index (Phi) is 5.43. The number of rotatable bonds is 4. The highest BCUT2D eigenvalue weighted by molar-refractivity contribution is 5.90. The van der Waals surface area contributed by atoms with E-state index in [0.717, 1.165) is 36.6 Å². The zero-order valence-corrected chi connectivity index (χ0v) is 16.3. The molecule has 0 bridgehead atoms. The molecule has 1 aromatic heterocycles. The van der Waals surface area contributed by atoms with Gasteiger partial charge in [-0.3, -0.25) is 0 Å². The molecule has 0 atom stereocenters. The Balaban J connectivity index is 1.64. The molecule has 1 aromatic carbocycles. The van der Waals surface area contributed by atoms with Gasteiger partial charge in [0.2, 0.25) is 5.95 Å². The Morgan fingerprint density at radius 3 is 2.75 bits per heavy atom. The predicted octanol–water partition coefficient (Wildman–Crippen LogP) is 4.76. The molecule has 1 aliphatic carbocycles. The number of nitrogens with zero attached hydrogens (tertiary/aromatic N) is 4. The molecule has 2 aromatic rings. The second-order valence-electron chi connectivity index (χ2n) is 7.32. The molecule has 144 valence electrons. The first-order chi connectivity index (χ1) is 13.8. The summed E-state index contributed by atoms with van der Waals surface area (Å²) in [7, 11) is 0. The third-order valence-corrected chi connectivity index (χ3v) is 5.48. The number of hydrogen-bond acceptors (Lipinski definition) is 6. The number of hydrogen-bond donors (Lipinski definition) is 2. The van der Waals surface area contributed by atoms with Gasteiger partial charge in [-0.2, -0.15) is 5.26 Å². The number of nitrogens with one attached hydrogen (secondary N) is 2. The fourth-order valence-corrected chi connectivity index (χ4v) is 4.06. The van der Waals surface area contributed by atoms with E-state index >= 15 is 0 Å². The van der Waals surface area contributed by atoms with Gasteiger partial charge >= 0.3 is 0 Å². The summed E-state index contributed by atoms with van der Waals surface area (Å²) < 4.78 is 0. The van der Waals surface area contributed by atoms with E-state index in [2.05, 4.69) is 44.6 Å². The van der Waals surface area contributed by atoms with Crippen molar-refractivity contribution in [2.45, 2.75) is 51.5 Å². The molecule has 0 saturated heterocycles. The lowest BCUT2D eigenvalue weighted by molar-refractivity contribution is 0.614. The molecule has 1 saturated carbocycles. The van der Waals surface area contributed by atoms with E-state index in [0.29, 0.717) is 23.3 Å². The van der Waals surface area contributed by atoms with Crippen LogP contribution in [-0.2, 0) is 0 Å². The molecule has 6 heteroatoms. The van der Waals surface area contributed by atoms with Crippen LogP contribution in [0.5, 0.6) is 0 Å². The normalized spacial score (nSPS) is 18.6. The monoisotopic (exact) mass is 374 g/mol. The van der Waals surface area contributed by atoms with Crippen LogP contribution in [0.1, 0.15) is 51.1 Å². The first-order valence-electron chi connectivity index (χ1n) is 10.2. The Morgan fingerprint density at radius 2 is 2.00 bits per heavy atom. The second-order valence-corrected chi connectivity index (χ2v) is 7.32. The minimum atomic E-state index is 0.414. The summed E-state index contributed by atoms with van der Waals surface area (Å²) in [6, 6.07) is 12.7. The van der Waals surface area contributed by atoms with E-state index in [1.165, 1.54) is 25.7 Å². The maximum atomic E-state index is 9.93. The van der Waals surface area contributed by atoms with Gasteiger partial charge in [-0.15, -0.1) is 0 Å². The molecular formula is C22H26N6. The largest absolute Gasteiger partial charge is 0.351 e. The van der Waals surface area contributed by atoms with Crippen LogP contribution in [-0.4, -0.2) is 22.6 Å². The molecule has 2 N–H and O–H groups in total. The Labute approximate surface area is 166 Å². The fraction of sp³-hybridized carbons (Fsp3) is 0.409. The van der Waals surface area contributed by atoms with Crippen LogP contribution >= 0.6 is 0 Å². The zero-order valence-electron chi connectivity index (χ0n) is 16.3. The highest BCUT2D eigenvalue weighted by atomic mass is 15.3. The third-order valence-electron chi connectivity index (χ3n) is 5.48. The van der Waals surface area contributed by atoms with Gasteiger partial charge in [0, 0.05) is 18.8 Å². The summed E-state index contributed by atoms with van der Waals surface area (Å²) >= 11 is 0. The van der Waals surface area contributed by atoms with E-state index in [4.69, 9.17) is 0 Å². The van der Waals surface area contributed by atoms with Gasteiger partial charge in [-0.1, -0.05) is 37.8 Å². The molecule has 0 amide bonds. The van der Waals surface area contributed by atoms with Crippen molar-refractivity contribution >= 4 is 22.9 Å². The van der Waals surface area contributed by atoms with E-state index in [1.807, 2.05) is 24.3 Å². The van der Waals surface area contributed by atoms with E-state index in [1.54, 1.807) is 6.20 Å². The van der Waals surface area contributed by atoms with Crippen molar-refractivity contribution in [3.8, 4) is 6.07 Å². The number of allylic oxidation sites excluding steroid dienone is 1. The van der Waals surface area contributed by atoms with Crippen molar-refractivity contribution in [1.29, 1.82) is 5.26 Å². The Bertz CT molecular complexity index is 905. The maximum absolute atomic E-state index is 9.93. The van der Waals surface area contributed by atoms with Crippen molar-refractivity contribution in [1.82, 2.24) is 9.97 Å². The number of benzene rings is 1. The van der Waals surface area contributed by atoms with E-state index in [9.17, 15) is 5.26 Å². The number of para-hydroxylation sites is 2. The molecule has 2 heterocycles. The van der Waals surface area contributed by atoms with Crippen molar-refractivity contribution in [2.24, 2.45) is 0 Å². The van der Waals surface area contributed by atoms with Crippen LogP contribution < -0.4 is 15.5 Å². The topological polar surface area (TPSA) is 76.9 Å². The smallest absolute Gasteiger partial charge is 0.223 e. The third kappa shape index (κ3) is 3.65. The Hall–Kier alpha value is -3.07. The van der Waals surface area contributed by atoms with Gasteiger partial charge in [0.05, 0.1) is 17.1 Å². The molecule has 28 heavy (non-hydrogen) atoms. The minimum absolute atomic E-state index is 0.414. The molecule has 6 nitrogen and oxygen atoms in total. The van der Waals surface area contributed by atoms with Crippen molar-refractivity contribution in [3.63, 3.8) is 0 Å². The minimum Gasteiger partial charge on any atom is -0.351 e. The molecule has 0 unspecified atom stereocenters. The number of nitriles is 1. The molecular weight excluding hydrogens is 348 g/mol. The summed E-state index contributed by atoms with van der Waals surface area (Å²) in [5.74, 6) is 1.39. The van der Waals surface area contributed by atoms with Gasteiger partial charge < -0.3 is 15.5 Å². The molecule has 1 fully saturated rings. The number of aromatic nitrogens is 2. The summed E-state index contributed by atoms with van der Waals surface area (Å²) in [5, 5.41) is 16.8. The first kappa shape index (κ1) is 18.3. The number of anilines is 3. The zero-order chi connectivity index (χ0) is 19.3. The molecule has 1 aliphatic heterocycles. The predicted molar refractivity (Wildman–Crippen MR) is 113 cm³/mol. The highest BCUT2D eigenvalue weighted by Gasteiger charge is 2.26. The van der Waals surface area contributed by atoms with Gasteiger partial charge in [-0.25, -0.2) is 9.97 Å². The van der Waals surface area contributed by atoms with Crippen LogP contribution in [0.4, 0.5) is 17.3 Å². The standard InChI is InChI=1S/C22H26N6/c1-2-28-20-12-8-7-11-19(20)26-21(28)17(15-23)18-13-14-24-22(27-18)25-16-9-5-3-4-6-10-16/h7-8,11-14,16,26H,2-6,9-10H2,1H3,(H,24,25,27). The van der Waals surface area contributed by atoms with Gasteiger partial charge in [-0.05, 0) is 38.0 Å². The van der Waals surface area contributed by atoms with Crippen molar-refractivity contribution in [2.75, 3.05) is 22.1 Å². The first-order valence-corrected chi connectivity index (χ1v) is 10.2. The SMILES string of the molecule is CCN1C(=C(C#N)c2ccnc(NC3CCCCCC3)n2)Nc2ccccc21. The van der Waals surface area contributed by atoms with Gasteiger partial charge in [0.15, 0.2) is 0 Å². The molecule has 0 spiro atoms. The van der Waals surface area contributed by atoms with E-state index < -0.39 is 0 Å². The van der Waals surface area contributed by atoms with Crippen LogP contribution in [0.15, 0.2) is 42.3 Å². The summed E-state index contributed by atoms with van der Waals surface area (Å²) in [6.07, 6.45) is 9.15. The fourth-order valence-electron chi connectivity index (χ4n) is 4.06. The van der Waals surface area contributed by atoms with Crippen LogP contribution in [0.25, 0.3) is 5.57 Å². The average molecular weight is 374 g/mol. The molecule has 0 radical (unpaired) electrons. The van der Waals surface area contributed by atoms with Gasteiger partial charge in [0.1, 0.15) is 17.5 Å². The van der Waals surface area contributed by atoms with Crippen molar-refractivity contribution in [3.05, 3.63) is 48.0 Å². The van der Waals surface area contributed by atoms with Gasteiger partial charge in [0.25, 0.3) is 0 Å². The second kappa shape index (κ2) is 8.30. The van der Waals surface area contributed by atoms with Crippen LogP contribution in [0, 0.1) is 11.3 Å². The summed E-state index contributed by atoms with van der Waals surface area (Å²) in [6.45, 7) is 2.85. The summed E-state index contributed by atoms with van der Waals surface area (Å²) in [5.41, 5.74) is 3.27. The highest BCUT2D eigenvalue weighted by Crippen LogP contribution is 2.38. The van der Waals surface area contributed by atoms with Crippen LogP contribution in [0.2, 0.25) is 0 Å². The lowest BCUT2D eigenvalue weighted by Crippen LogP contribution is -2.22. The van der Waals surface area contributed by atoms with Crippen LogP contribution in [0.3, 0.4) is 0 Å². The summed E-state index contributed by atoms with van der Waals surface area (Å²) in [4.78, 5) is 11.2. The lowest BCUT2D eigenvalue weighted by atomic mass is 10.1.